The van der Waals surface area contributed by atoms with Gasteiger partial charge in [0.25, 0.3) is 0 Å². The van der Waals surface area contributed by atoms with Crippen molar-refractivity contribution in [3.8, 4) is 11.3 Å². The zero-order chi connectivity index (χ0) is 35.4. The molecule has 3 aromatic carbocycles. The predicted molar refractivity (Wildman–Crippen MR) is 208 cm³/mol. The number of furan rings is 1. The van der Waals surface area contributed by atoms with Crippen molar-refractivity contribution in [1.29, 1.82) is 0 Å². The van der Waals surface area contributed by atoms with Gasteiger partial charge in [-0.2, -0.15) is 0 Å². The molecule has 0 amide bonds. The van der Waals surface area contributed by atoms with Gasteiger partial charge < -0.3 is 9.52 Å². The Kier molecular flexibility index (Phi) is 13.8. The number of rotatable bonds is 11. The van der Waals surface area contributed by atoms with Crippen LogP contribution in [0.4, 0.5) is 0 Å². The van der Waals surface area contributed by atoms with Gasteiger partial charge in [0, 0.05) is 42.9 Å². The molecule has 6 heteroatoms. The number of aliphatic hydroxyl groups is 1. The summed E-state index contributed by atoms with van der Waals surface area (Å²) in [4.78, 5) is 17.2. The standard InChI is InChI=1S/C29H30NOSi.C14H26O2.Ir/c1-18(2)13-20-11-12-22-25(16-20)30-26(17-28(22)32(4,5)6)24-15-19(3)14-23-21-9-7-8-10-27(21)31-29(23)24;1-6-11(7-2)12(15)10-13(16)14(5,8-3)9-4;/h7-12,14,16-18H,13H2,1-6H3;10-11,15H,6-9H2,1-5H3;/q-1;;/b;12-10-;. The Morgan fingerprint density at radius 2 is 1.61 bits per heavy atom. The Morgan fingerprint density at radius 1 is 0.959 bits per heavy atom. The number of carbonyl (C=O) groups excluding carboxylic acids is 1. The smallest absolute Gasteiger partial charge is 0.164 e. The number of hydrogen-bond donors (Lipinski definition) is 1. The number of benzene rings is 3. The summed E-state index contributed by atoms with van der Waals surface area (Å²) < 4.78 is 6.35. The van der Waals surface area contributed by atoms with E-state index in [1.54, 1.807) is 0 Å². The molecule has 5 aromatic rings. The Labute approximate surface area is 309 Å². The Balaban J connectivity index is 0.000000328. The number of aromatic nitrogens is 1. The number of ketones is 1. The summed E-state index contributed by atoms with van der Waals surface area (Å²) in [6.45, 7) is 23.9. The van der Waals surface area contributed by atoms with Crippen molar-refractivity contribution in [1.82, 2.24) is 4.98 Å². The van der Waals surface area contributed by atoms with Crippen LogP contribution in [0.5, 0.6) is 0 Å². The van der Waals surface area contributed by atoms with Crippen LogP contribution in [-0.2, 0) is 31.3 Å². The van der Waals surface area contributed by atoms with E-state index in [4.69, 9.17) is 9.40 Å². The number of aryl methyl sites for hydroxylation is 1. The quantitative estimate of drug-likeness (QED) is 0.0622. The van der Waals surface area contributed by atoms with Crippen LogP contribution in [0.1, 0.15) is 85.3 Å². The largest absolute Gasteiger partial charge is 0.512 e. The monoisotopic (exact) mass is 855 g/mol. The van der Waals surface area contributed by atoms with E-state index < -0.39 is 8.07 Å². The minimum Gasteiger partial charge on any atom is -0.512 e. The number of nitrogens with zero attached hydrogens (tertiary/aromatic N) is 1. The van der Waals surface area contributed by atoms with Crippen LogP contribution in [0.25, 0.3) is 44.1 Å². The molecule has 0 bridgehead atoms. The van der Waals surface area contributed by atoms with E-state index in [1.807, 2.05) is 46.8 Å². The second-order valence-corrected chi connectivity index (χ2v) is 20.2. The first kappa shape index (κ1) is 40.4. The van der Waals surface area contributed by atoms with Crippen LogP contribution < -0.4 is 5.19 Å². The zero-order valence-electron chi connectivity index (χ0n) is 31.5. The van der Waals surface area contributed by atoms with Crippen LogP contribution in [0, 0.1) is 30.2 Å². The summed E-state index contributed by atoms with van der Waals surface area (Å²) in [5.74, 6) is 1.05. The van der Waals surface area contributed by atoms with Gasteiger partial charge in [-0.1, -0.05) is 128 Å². The summed E-state index contributed by atoms with van der Waals surface area (Å²) in [7, 11) is -1.61. The molecule has 2 heterocycles. The van der Waals surface area contributed by atoms with E-state index in [2.05, 4.69) is 88.9 Å². The van der Waals surface area contributed by atoms with Gasteiger partial charge in [-0.25, -0.2) is 0 Å². The molecule has 0 aliphatic rings. The molecule has 4 nitrogen and oxygen atoms in total. The van der Waals surface area contributed by atoms with Gasteiger partial charge >= 0.3 is 0 Å². The summed E-state index contributed by atoms with van der Waals surface area (Å²) >= 11 is 0. The maximum Gasteiger partial charge on any atom is 0.164 e. The van der Waals surface area contributed by atoms with Crippen LogP contribution in [0.3, 0.4) is 0 Å². The molecule has 0 fully saturated rings. The van der Waals surface area contributed by atoms with Crippen molar-refractivity contribution < 1.29 is 34.4 Å². The van der Waals surface area contributed by atoms with Gasteiger partial charge in [-0.15, -0.1) is 17.7 Å². The predicted octanol–water partition coefficient (Wildman–Crippen LogP) is 11.9. The van der Waals surface area contributed by atoms with Crippen LogP contribution >= 0.6 is 0 Å². The third-order valence-corrected chi connectivity index (χ3v) is 12.0. The molecular formula is C43H56IrNO3Si-. The molecule has 265 valence electrons. The van der Waals surface area contributed by atoms with Crippen molar-refractivity contribution in [2.75, 3.05) is 0 Å². The third-order valence-electron chi connectivity index (χ3n) is 9.96. The number of carbonyl (C=O) groups is 1. The van der Waals surface area contributed by atoms with Gasteiger partial charge in [0.2, 0.25) is 0 Å². The normalized spacial score (nSPS) is 12.5. The van der Waals surface area contributed by atoms with Crippen molar-refractivity contribution in [3.63, 3.8) is 0 Å². The molecule has 0 aliphatic heterocycles. The Morgan fingerprint density at radius 3 is 2.20 bits per heavy atom. The second kappa shape index (κ2) is 16.8. The summed E-state index contributed by atoms with van der Waals surface area (Å²) in [5, 5.41) is 14.9. The first-order valence-electron chi connectivity index (χ1n) is 17.9. The number of pyridine rings is 1. The molecule has 1 N–H and O–H groups in total. The summed E-state index contributed by atoms with van der Waals surface area (Å²) in [6, 6.07) is 23.2. The van der Waals surface area contributed by atoms with Crippen molar-refractivity contribution in [2.45, 2.75) is 107 Å². The number of para-hydroxylation sites is 1. The van der Waals surface area contributed by atoms with E-state index >= 15 is 0 Å². The second-order valence-electron chi connectivity index (χ2n) is 15.1. The van der Waals surface area contributed by atoms with Crippen LogP contribution in [0.15, 0.2) is 70.8 Å². The third kappa shape index (κ3) is 9.20. The number of allylic oxidation sites excluding steroid dienone is 2. The zero-order valence-corrected chi connectivity index (χ0v) is 34.9. The van der Waals surface area contributed by atoms with Crippen LogP contribution in [-0.4, -0.2) is 23.9 Å². The maximum absolute atomic E-state index is 12.0. The average Bonchev–Trinajstić information content (AvgIpc) is 3.41. The Hall–Kier alpha value is -3.05. The summed E-state index contributed by atoms with van der Waals surface area (Å²) in [6.07, 6.45) is 5.89. The molecule has 49 heavy (non-hydrogen) atoms. The van der Waals surface area contributed by atoms with E-state index in [1.165, 1.54) is 22.2 Å². The number of fused-ring (bicyclic) bond motifs is 4. The minimum atomic E-state index is -1.61. The van der Waals surface area contributed by atoms with Gasteiger partial charge in [0.05, 0.1) is 24.9 Å². The van der Waals surface area contributed by atoms with E-state index in [9.17, 15) is 9.90 Å². The van der Waals surface area contributed by atoms with E-state index in [-0.39, 0.29) is 43.0 Å². The van der Waals surface area contributed by atoms with Gasteiger partial charge in [0.1, 0.15) is 5.58 Å². The molecule has 5 rings (SSSR count). The van der Waals surface area contributed by atoms with Crippen molar-refractivity contribution in [3.05, 3.63) is 83.6 Å². The molecule has 0 aliphatic carbocycles. The van der Waals surface area contributed by atoms with Crippen molar-refractivity contribution >= 4 is 51.9 Å². The fourth-order valence-electron chi connectivity index (χ4n) is 6.43. The first-order valence-corrected chi connectivity index (χ1v) is 21.4. The number of aliphatic hydroxyl groups excluding tert-OH is 1. The van der Waals surface area contributed by atoms with E-state index in [0.29, 0.717) is 5.92 Å². The van der Waals surface area contributed by atoms with Gasteiger partial charge in [0.15, 0.2) is 5.78 Å². The van der Waals surface area contributed by atoms with Crippen molar-refractivity contribution in [2.24, 2.45) is 17.3 Å². The van der Waals surface area contributed by atoms with Gasteiger partial charge in [-0.05, 0) is 66.8 Å². The first-order chi connectivity index (χ1) is 22.6. The molecule has 1 radical (unpaired) electrons. The van der Waals surface area contributed by atoms with Crippen LogP contribution in [0.2, 0.25) is 19.6 Å². The Bertz CT molecular complexity index is 1920. The molecule has 0 atom stereocenters. The topological polar surface area (TPSA) is 63.3 Å². The molecule has 2 aromatic heterocycles. The molecule has 0 spiro atoms. The maximum atomic E-state index is 12.0. The minimum absolute atomic E-state index is 0. The SMILES string of the molecule is CCC(CC)/C(O)=C/C(=O)C(C)(CC)CC.Cc1[c-]c(-c2cc([Si](C)(C)C)c3ccc(CC(C)C)cc3n2)c2oc3ccccc3c2c1.[Ir]. The fourth-order valence-corrected chi connectivity index (χ4v) is 8.02. The molecule has 0 unspecified atom stereocenters. The molecular weight excluding hydrogens is 799 g/mol. The average molecular weight is 855 g/mol. The van der Waals surface area contributed by atoms with Gasteiger partial charge in [-0.3, -0.25) is 9.78 Å². The summed E-state index contributed by atoms with van der Waals surface area (Å²) in [5.41, 5.74) is 6.93. The molecule has 0 saturated carbocycles. The van der Waals surface area contributed by atoms with E-state index in [0.717, 1.165) is 76.4 Å². The fraction of sp³-hybridized carbons (Fsp3) is 0.442. The molecule has 0 saturated heterocycles. The number of hydrogen-bond acceptors (Lipinski definition) is 4.